The largest absolute Gasteiger partial charge is 0.356 e. The molecule has 4 heteroatoms. The van der Waals surface area contributed by atoms with Gasteiger partial charge in [-0.3, -0.25) is 4.79 Å². The molecule has 138 valence electrons. The van der Waals surface area contributed by atoms with Crippen molar-refractivity contribution in [3.05, 3.63) is 0 Å². The van der Waals surface area contributed by atoms with Gasteiger partial charge in [0, 0.05) is 25.0 Å². The number of nitrogens with zero attached hydrogens (tertiary/aromatic N) is 2. The average molecular weight is 336 g/mol. The van der Waals surface area contributed by atoms with Crippen molar-refractivity contribution >= 4 is 5.91 Å². The number of nitrogens with one attached hydrogen (secondary N) is 1. The summed E-state index contributed by atoms with van der Waals surface area (Å²) < 4.78 is 0. The fourth-order valence-corrected chi connectivity index (χ4v) is 5.02. The lowest BCUT2D eigenvalue weighted by Gasteiger charge is -2.36. The molecule has 4 nitrogen and oxygen atoms in total. The lowest BCUT2D eigenvalue weighted by molar-refractivity contribution is -0.126. The second kappa shape index (κ2) is 9.19. The minimum Gasteiger partial charge on any atom is -0.356 e. The molecular weight excluding hydrogens is 298 g/mol. The van der Waals surface area contributed by atoms with Crippen molar-refractivity contribution in [2.75, 3.05) is 39.3 Å². The van der Waals surface area contributed by atoms with Crippen molar-refractivity contribution in [3.8, 4) is 0 Å². The maximum absolute atomic E-state index is 12.5. The molecule has 1 atom stereocenters. The van der Waals surface area contributed by atoms with Crippen LogP contribution in [-0.2, 0) is 4.79 Å². The minimum absolute atomic E-state index is 0.262. The highest BCUT2D eigenvalue weighted by atomic mass is 16.1. The van der Waals surface area contributed by atoms with Gasteiger partial charge in [0.1, 0.15) is 0 Å². The number of hydrogen-bond donors (Lipinski definition) is 1. The summed E-state index contributed by atoms with van der Waals surface area (Å²) in [7, 11) is 0. The molecule has 1 N–H and O–H groups in total. The van der Waals surface area contributed by atoms with E-state index in [1.54, 1.807) is 0 Å². The van der Waals surface area contributed by atoms with E-state index in [2.05, 4.69) is 22.0 Å². The Morgan fingerprint density at radius 2 is 1.75 bits per heavy atom. The molecule has 3 rings (SSSR count). The number of amides is 1. The highest BCUT2D eigenvalue weighted by Crippen LogP contribution is 2.28. The van der Waals surface area contributed by atoms with Gasteiger partial charge in [-0.15, -0.1) is 0 Å². The molecule has 1 saturated carbocycles. The molecule has 0 aromatic carbocycles. The fourth-order valence-electron chi connectivity index (χ4n) is 5.02. The second-order valence-electron chi connectivity index (χ2n) is 8.30. The van der Waals surface area contributed by atoms with E-state index in [4.69, 9.17) is 0 Å². The molecule has 0 bridgehead atoms. The van der Waals surface area contributed by atoms with E-state index in [0.29, 0.717) is 11.8 Å². The second-order valence-corrected chi connectivity index (χ2v) is 8.30. The van der Waals surface area contributed by atoms with E-state index < -0.39 is 0 Å². The van der Waals surface area contributed by atoms with Gasteiger partial charge in [0.2, 0.25) is 5.91 Å². The maximum atomic E-state index is 12.5. The Morgan fingerprint density at radius 3 is 2.46 bits per heavy atom. The third-order valence-corrected chi connectivity index (χ3v) is 6.45. The highest BCUT2D eigenvalue weighted by Gasteiger charge is 2.30. The van der Waals surface area contributed by atoms with Crippen molar-refractivity contribution in [1.82, 2.24) is 15.1 Å². The predicted molar refractivity (Wildman–Crippen MR) is 99.0 cm³/mol. The van der Waals surface area contributed by atoms with Gasteiger partial charge in [-0.2, -0.15) is 0 Å². The summed E-state index contributed by atoms with van der Waals surface area (Å²) in [5.74, 6) is 1.25. The Kier molecular flexibility index (Phi) is 6.96. The van der Waals surface area contributed by atoms with Gasteiger partial charge >= 0.3 is 0 Å². The molecule has 2 saturated heterocycles. The van der Waals surface area contributed by atoms with E-state index in [1.165, 1.54) is 64.6 Å². The highest BCUT2D eigenvalue weighted by molar-refractivity contribution is 5.78. The summed E-state index contributed by atoms with van der Waals surface area (Å²) in [5.41, 5.74) is 0. The number of piperidine rings is 2. The molecule has 2 heterocycles. The first kappa shape index (κ1) is 18.2. The topological polar surface area (TPSA) is 35.6 Å². The minimum atomic E-state index is 0.262. The van der Waals surface area contributed by atoms with Crippen LogP contribution in [0.2, 0.25) is 0 Å². The van der Waals surface area contributed by atoms with Crippen molar-refractivity contribution in [2.24, 2.45) is 11.8 Å². The van der Waals surface area contributed by atoms with Crippen LogP contribution in [0, 0.1) is 11.8 Å². The molecular formula is C20H37N3O. The first-order valence-corrected chi connectivity index (χ1v) is 10.5. The SMILES string of the molecule is CCCN1CCCC(CNC(=O)C2CCN(C3CCCC3)CC2)C1. The Morgan fingerprint density at radius 1 is 1.00 bits per heavy atom. The normalized spacial score (nSPS) is 28.3. The zero-order valence-corrected chi connectivity index (χ0v) is 15.6. The molecule has 3 aliphatic rings. The molecule has 1 aliphatic carbocycles. The van der Waals surface area contributed by atoms with E-state index in [-0.39, 0.29) is 5.92 Å². The summed E-state index contributed by atoms with van der Waals surface area (Å²) in [4.78, 5) is 17.8. The van der Waals surface area contributed by atoms with Gasteiger partial charge in [-0.1, -0.05) is 19.8 Å². The van der Waals surface area contributed by atoms with Crippen LogP contribution in [0.15, 0.2) is 0 Å². The Balaban J connectivity index is 1.35. The number of hydrogen-bond acceptors (Lipinski definition) is 3. The van der Waals surface area contributed by atoms with Crippen molar-refractivity contribution in [2.45, 2.75) is 70.8 Å². The molecule has 3 fully saturated rings. The maximum Gasteiger partial charge on any atom is 0.223 e. The molecule has 0 spiro atoms. The lowest BCUT2D eigenvalue weighted by atomic mass is 9.93. The van der Waals surface area contributed by atoms with Crippen LogP contribution < -0.4 is 5.32 Å². The molecule has 0 aromatic rings. The van der Waals surface area contributed by atoms with E-state index in [0.717, 1.165) is 38.5 Å². The van der Waals surface area contributed by atoms with Crippen molar-refractivity contribution in [3.63, 3.8) is 0 Å². The summed E-state index contributed by atoms with van der Waals surface area (Å²) in [6.07, 6.45) is 11.5. The third kappa shape index (κ3) is 4.95. The van der Waals surface area contributed by atoms with Gasteiger partial charge in [0.05, 0.1) is 0 Å². The Hall–Kier alpha value is -0.610. The zero-order chi connectivity index (χ0) is 16.8. The van der Waals surface area contributed by atoms with Crippen LogP contribution in [0.3, 0.4) is 0 Å². The van der Waals surface area contributed by atoms with E-state index in [1.807, 2.05) is 0 Å². The zero-order valence-electron chi connectivity index (χ0n) is 15.6. The molecule has 24 heavy (non-hydrogen) atoms. The van der Waals surface area contributed by atoms with Crippen molar-refractivity contribution in [1.29, 1.82) is 0 Å². The Bertz CT molecular complexity index is 384. The monoisotopic (exact) mass is 335 g/mol. The van der Waals surface area contributed by atoms with Gasteiger partial charge in [-0.05, 0) is 77.0 Å². The average Bonchev–Trinajstić information content (AvgIpc) is 3.15. The first-order valence-electron chi connectivity index (χ1n) is 10.5. The molecule has 1 amide bonds. The third-order valence-electron chi connectivity index (χ3n) is 6.45. The first-order chi connectivity index (χ1) is 11.8. The van der Waals surface area contributed by atoms with Crippen LogP contribution in [0.4, 0.5) is 0 Å². The van der Waals surface area contributed by atoms with E-state index in [9.17, 15) is 4.79 Å². The number of likely N-dealkylation sites (tertiary alicyclic amines) is 2. The number of carbonyl (C=O) groups is 1. The molecule has 1 unspecified atom stereocenters. The van der Waals surface area contributed by atoms with E-state index >= 15 is 0 Å². The van der Waals surface area contributed by atoms with Gasteiger partial charge in [0.25, 0.3) is 0 Å². The van der Waals surface area contributed by atoms with Crippen LogP contribution in [0.25, 0.3) is 0 Å². The predicted octanol–water partition coefficient (Wildman–Crippen LogP) is 2.88. The van der Waals surface area contributed by atoms with Crippen LogP contribution >= 0.6 is 0 Å². The van der Waals surface area contributed by atoms with Crippen LogP contribution in [-0.4, -0.2) is 61.0 Å². The van der Waals surface area contributed by atoms with Crippen molar-refractivity contribution < 1.29 is 4.79 Å². The number of carbonyl (C=O) groups excluding carboxylic acids is 1. The van der Waals surface area contributed by atoms with Crippen LogP contribution in [0.1, 0.15) is 64.7 Å². The van der Waals surface area contributed by atoms with Gasteiger partial charge in [0.15, 0.2) is 0 Å². The van der Waals surface area contributed by atoms with Crippen LogP contribution in [0.5, 0.6) is 0 Å². The Labute approximate surface area is 148 Å². The lowest BCUT2D eigenvalue weighted by Crippen LogP contribution is -2.46. The standard InChI is InChI=1S/C20H37N3O/c1-2-11-22-12-5-6-17(16-22)15-21-20(24)18-9-13-23(14-10-18)19-7-3-4-8-19/h17-19H,2-16H2,1H3,(H,21,24). The fraction of sp³-hybridized carbons (Fsp3) is 0.950. The molecule has 0 aromatic heterocycles. The van der Waals surface area contributed by atoms with Gasteiger partial charge in [-0.25, -0.2) is 0 Å². The number of rotatable bonds is 6. The smallest absolute Gasteiger partial charge is 0.223 e. The molecule has 2 aliphatic heterocycles. The summed E-state index contributed by atoms with van der Waals surface area (Å²) in [6.45, 7) is 9.05. The molecule has 0 radical (unpaired) electrons. The summed E-state index contributed by atoms with van der Waals surface area (Å²) in [5, 5.41) is 3.29. The van der Waals surface area contributed by atoms with Gasteiger partial charge < -0.3 is 15.1 Å². The summed E-state index contributed by atoms with van der Waals surface area (Å²) >= 11 is 0. The quantitative estimate of drug-likeness (QED) is 0.811. The summed E-state index contributed by atoms with van der Waals surface area (Å²) in [6, 6.07) is 0.820.